The summed E-state index contributed by atoms with van der Waals surface area (Å²) in [6.45, 7) is 3.32. The van der Waals surface area contributed by atoms with Gasteiger partial charge in [0.1, 0.15) is 0 Å². The number of carbonyl (C=O) groups is 2. The number of carboxylic acids is 1. The van der Waals surface area contributed by atoms with Crippen LogP contribution in [0.4, 0.5) is 0 Å². The summed E-state index contributed by atoms with van der Waals surface area (Å²) in [4.78, 5) is 27.0. The van der Waals surface area contributed by atoms with Gasteiger partial charge in [-0.15, -0.1) is 0 Å². The molecule has 1 aliphatic rings. The quantitative estimate of drug-likeness (QED) is 0.923. The van der Waals surface area contributed by atoms with E-state index in [1.807, 2.05) is 0 Å². The molecular formula is C15H19ClN2O3. The lowest BCUT2D eigenvalue weighted by Crippen LogP contribution is -2.35. The van der Waals surface area contributed by atoms with Gasteiger partial charge in [0.2, 0.25) is 0 Å². The number of nitrogens with zero attached hydrogens (tertiary/aromatic N) is 2. The zero-order valence-corrected chi connectivity index (χ0v) is 12.6. The van der Waals surface area contributed by atoms with Crippen molar-refractivity contribution in [3.8, 4) is 0 Å². The predicted molar refractivity (Wildman–Crippen MR) is 80.7 cm³/mol. The van der Waals surface area contributed by atoms with Gasteiger partial charge in [0, 0.05) is 26.2 Å². The van der Waals surface area contributed by atoms with Crippen molar-refractivity contribution in [3.63, 3.8) is 0 Å². The van der Waals surface area contributed by atoms with Crippen LogP contribution < -0.4 is 0 Å². The summed E-state index contributed by atoms with van der Waals surface area (Å²) >= 11 is 6.07. The maximum atomic E-state index is 12.5. The van der Waals surface area contributed by atoms with Crippen LogP contribution in [0.2, 0.25) is 5.02 Å². The number of hydrogen-bond acceptors (Lipinski definition) is 3. The van der Waals surface area contributed by atoms with E-state index in [9.17, 15) is 9.59 Å². The highest BCUT2D eigenvalue weighted by molar-refractivity contribution is 6.33. The van der Waals surface area contributed by atoms with Crippen LogP contribution in [0.25, 0.3) is 0 Å². The number of benzene rings is 1. The van der Waals surface area contributed by atoms with Crippen molar-refractivity contribution in [2.45, 2.75) is 12.8 Å². The van der Waals surface area contributed by atoms with E-state index in [0.29, 0.717) is 36.8 Å². The molecule has 0 unspecified atom stereocenters. The molecular weight excluding hydrogens is 292 g/mol. The van der Waals surface area contributed by atoms with Crippen LogP contribution in [-0.2, 0) is 4.79 Å². The van der Waals surface area contributed by atoms with Crippen molar-refractivity contribution in [2.24, 2.45) is 0 Å². The zero-order chi connectivity index (χ0) is 15.2. The van der Waals surface area contributed by atoms with Gasteiger partial charge in [0.05, 0.1) is 17.0 Å². The lowest BCUT2D eigenvalue weighted by atomic mass is 10.2. The Morgan fingerprint density at radius 1 is 1.14 bits per heavy atom. The normalized spacial score (nSPS) is 16.5. The maximum absolute atomic E-state index is 12.5. The Kier molecular flexibility index (Phi) is 5.59. The van der Waals surface area contributed by atoms with Crippen LogP contribution in [0, 0.1) is 0 Å². The van der Waals surface area contributed by atoms with Gasteiger partial charge in [0.25, 0.3) is 5.91 Å². The molecule has 1 aromatic rings. The first-order valence-corrected chi connectivity index (χ1v) is 7.43. The molecule has 0 saturated carbocycles. The van der Waals surface area contributed by atoms with Gasteiger partial charge < -0.3 is 14.9 Å². The van der Waals surface area contributed by atoms with Gasteiger partial charge in [-0.25, -0.2) is 0 Å². The molecule has 0 spiro atoms. The van der Waals surface area contributed by atoms with E-state index in [1.54, 1.807) is 29.2 Å². The molecule has 0 aromatic heterocycles. The number of carboxylic acid groups (broad SMARTS) is 1. The number of aliphatic carboxylic acids is 1. The fraction of sp³-hybridized carbons (Fsp3) is 0.467. The Hall–Kier alpha value is -1.59. The van der Waals surface area contributed by atoms with Crippen molar-refractivity contribution >= 4 is 23.5 Å². The topological polar surface area (TPSA) is 60.9 Å². The summed E-state index contributed by atoms with van der Waals surface area (Å²) in [6, 6.07) is 7.05. The van der Waals surface area contributed by atoms with E-state index < -0.39 is 5.97 Å². The molecule has 1 aliphatic heterocycles. The van der Waals surface area contributed by atoms with Gasteiger partial charge >= 0.3 is 5.97 Å². The Morgan fingerprint density at radius 2 is 1.90 bits per heavy atom. The van der Waals surface area contributed by atoms with E-state index in [4.69, 9.17) is 16.7 Å². The molecule has 0 atom stereocenters. The van der Waals surface area contributed by atoms with Crippen molar-refractivity contribution in [1.29, 1.82) is 0 Å². The van der Waals surface area contributed by atoms with Crippen molar-refractivity contribution in [1.82, 2.24) is 9.80 Å². The fourth-order valence-corrected chi connectivity index (χ4v) is 2.67. The smallest absolute Gasteiger partial charge is 0.304 e. The number of halogens is 1. The minimum atomic E-state index is -0.789. The third kappa shape index (κ3) is 4.44. The Morgan fingerprint density at radius 3 is 2.62 bits per heavy atom. The highest BCUT2D eigenvalue weighted by atomic mass is 35.5. The molecule has 0 radical (unpaired) electrons. The third-order valence-corrected chi connectivity index (χ3v) is 3.95. The summed E-state index contributed by atoms with van der Waals surface area (Å²) in [6.07, 6.45) is 0.980. The minimum absolute atomic E-state index is 0.0549. The molecule has 0 bridgehead atoms. The first-order valence-electron chi connectivity index (χ1n) is 7.06. The summed E-state index contributed by atoms with van der Waals surface area (Å²) < 4.78 is 0. The molecule has 1 heterocycles. The summed E-state index contributed by atoms with van der Waals surface area (Å²) in [5, 5.41) is 9.20. The Bertz CT molecular complexity index is 521. The van der Waals surface area contributed by atoms with Crippen molar-refractivity contribution < 1.29 is 14.7 Å². The SMILES string of the molecule is O=C(O)CCN1CCCN(C(=O)c2ccccc2Cl)CC1. The standard InChI is InChI=1S/C15H19ClN2O3/c16-13-5-2-1-4-12(13)15(21)18-8-3-7-17(10-11-18)9-6-14(19)20/h1-2,4-5H,3,6-11H2,(H,19,20). The lowest BCUT2D eigenvalue weighted by molar-refractivity contribution is -0.137. The van der Waals surface area contributed by atoms with Crippen LogP contribution in [0.1, 0.15) is 23.2 Å². The molecule has 0 aliphatic carbocycles. The van der Waals surface area contributed by atoms with Crippen LogP contribution in [0.15, 0.2) is 24.3 Å². The van der Waals surface area contributed by atoms with Crippen LogP contribution in [0.3, 0.4) is 0 Å². The van der Waals surface area contributed by atoms with Gasteiger partial charge in [0.15, 0.2) is 0 Å². The third-order valence-electron chi connectivity index (χ3n) is 3.62. The maximum Gasteiger partial charge on any atom is 0.304 e. The first-order chi connectivity index (χ1) is 10.1. The zero-order valence-electron chi connectivity index (χ0n) is 11.8. The Balaban J connectivity index is 1.95. The first kappa shape index (κ1) is 15.8. The second-order valence-electron chi connectivity index (χ2n) is 5.11. The second-order valence-corrected chi connectivity index (χ2v) is 5.52. The molecule has 1 N–H and O–H groups in total. The number of rotatable bonds is 4. The number of hydrogen-bond donors (Lipinski definition) is 1. The molecule has 21 heavy (non-hydrogen) atoms. The lowest BCUT2D eigenvalue weighted by Gasteiger charge is -2.22. The molecule has 1 saturated heterocycles. The number of carbonyl (C=O) groups excluding carboxylic acids is 1. The largest absolute Gasteiger partial charge is 0.481 e. The molecule has 5 nitrogen and oxygen atoms in total. The summed E-state index contributed by atoms with van der Waals surface area (Å²) in [7, 11) is 0. The molecule has 1 amide bonds. The molecule has 1 aromatic carbocycles. The van der Waals surface area contributed by atoms with Crippen LogP contribution >= 0.6 is 11.6 Å². The highest BCUT2D eigenvalue weighted by Gasteiger charge is 2.21. The van der Waals surface area contributed by atoms with Crippen molar-refractivity contribution in [3.05, 3.63) is 34.9 Å². The predicted octanol–water partition coefficient (Wildman–Crippen LogP) is 1.96. The van der Waals surface area contributed by atoms with Crippen LogP contribution in [-0.4, -0.2) is 59.5 Å². The highest BCUT2D eigenvalue weighted by Crippen LogP contribution is 2.18. The molecule has 6 heteroatoms. The van der Waals surface area contributed by atoms with E-state index in [0.717, 1.165) is 13.0 Å². The van der Waals surface area contributed by atoms with E-state index in [2.05, 4.69) is 4.90 Å². The average Bonchev–Trinajstić information content (AvgIpc) is 2.70. The Labute approximate surface area is 129 Å². The van der Waals surface area contributed by atoms with Crippen molar-refractivity contribution in [2.75, 3.05) is 32.7 Å². The van der Waals surface area contributed by atoms with Crippen LogP contribution in [0.5, 0.6) is 0 Å². The fourth-order valence-electron chi connectivity index (χ4n) is 2.46. The average molecular weight is 311 g/mol. The molecule has 114 valence electrons. The van der Waals surface area contributed by atoms with E-state index in [1.165, 1.54) is 0 Å². The van der Waals surface area contributed by atoms with Gasteiger partial charge in [-0.1, -0.05) is 23.7 Å². The minimum Gasteiger partial charge on any atom is -0.481 e. The number of amides is 1. The van der Waals surface area contributed by atoms with Gasteiger partial charge in [-0.3, -0.25) is 9.59 Å². The monoisotopic (exact) mass is 310 g/mol. The van der Waals surface area contributed by atoms with E-state index >= 15 is 0 Å². The second kappa shape index (κ2) is 7.43. The van der Waals surface area contributed by atoms with E-state index in [-0.39, 0.29) is 12.3 Å². The van der Waals surface area contributed by atoms with Gasteiger partial charge in [-0.2, -0.15) is 0 Å². The summed E-state index contributed by atoms with van der Waals surface area (Å²) in [5.74, 6) is -0.844. The molecule has 2 rings (SSSR count). The molecule has 1 fully saturated rings. The summed E-state index contributed by atoms with van der Waals surface area (Å²) in [5.41, 5.74) is 0.526. The van der Waals surface area contributed by atoms with Gasteiger partial charge in [-0.05, 0) is 25.1 Å².